The summed E-state index contributed by atoms with van der Waals surface area (Å²) >= 11 is -1.47. The van der Waals surface area contributed by atoms with Gasteiger partial charge in [-0.15, -0.1) is 0 Å². The molecule has 0 saturated carbocycles. The van der Waals surface area contributed by atoms with E-state index in [0.29, 0.717) is 0 Å². The van der Waals surface area contributed by atoms with E-state index < -0.39 is 13.3 Å². The largest absolute Gasteiger partial charge is 0.233 e. The minimum atomic E-state index is -1.47. The fourth-order valence-electron chi connectivity index (χ4n) is 5.09. The molecule has 0 radical (unpaired) electrons. The van der Waals surface area contributed by atoms with Gasteiger partial charge in [0, 0.05) is 0 Å². The Morgan fingerprint density at radius 2 is 1.05 bits per heavy atom. The van der Waals surface area contributed by atoms with E-state index in [1.165, 1.54) is 80.0 Å². The molecule has 0 spiro atoms. The molecule has 0 bridgehead atoms. The Hall–Kier alpha value is -1.56. The van der Waals surface area contributed by atoms with Crippen LogP contribution in [0.3, 0.4) is 0 Å². The first-order valence-electron chi connectivity index (χ1n) is 15.3. The molecule has 0 aliphatic rings. The molecule has 1 heterocycles. The topological polar surface area (TPSA) is 44.2 Å². The number of hydrogen-bond donors (Lipinski definition) is 0. The predicted octanol–water partition coefficient (Wildman–Crippen LogP) is 10.1. The van der Waals surface area contributed by atoms with Crippen molar-refractivity contribution in [3.63, 3.8) is 0 Å². The molecule has 1 aromatic carbocycles. The fraction of sp³-hybridized carbons (Fsp3) is 0.688. The molecule has 4 nitrogen and oxygen atoms in total. The van der Waals surface area contributed by atoms with Crippen molar-refractivity contribution >= 4 is 13.3 Å². The van der Waals surface area contributed by atoms with Crippen molar-refractivity contribution in [2.45, 2.75) is 126 Å². The number of benzene rings is 1. The van der Waals surface area contributed by atoms with Crippen LogP contribution in [0.1, 0.15) is 105 Å². The van der Waals surface area contributed by atoms with Crippen LogP contribution < -0.4 is 9.47 Å². The molecule has 2 aromatic rings. The Kier molecular flexibility index (Phi) is 16.7. The summed E-state index contributed by atoms with van der Waals surface area (Å²) < 4.78 is 11.8. The Morgan fingerprint density at radius 1 is 0.568 bits per heavy atom. The van der Waals surface area contributed by atoms with Crippen LogP contribution in [0.15, 0.2) is 36.7 Å². The van der Waals surface area contributed by atoms with Gasteiger partial charge in [0.05, 0.1) is 19.0 Å². The molecule has 2 rings (SSSR count). The fourth-order valence-corrected chi connectivity index (χ4v) is 12.6. The van der Waals surface area contributed by atoms with Gasteiger partial charge >= 0.3 is 133 Å². The summed E-state index contributed by atoms with van der Waals surface area (Å²) in [6.07, 6.45) is 19.2. The second kappa shape index (κ2) is 19.5. The van der Waals surface area contributed by atoms with Crippen molar-refractivity contribution in [3.8, 4) is 22.9 Å². The van der Waals surface area contributed by atoms with Gasteiger partial charge in [0.2, 0.25) is 0 Å². The second-order valence-electron chi connectivity index (χ2n) is 10.7. The van der Waals surface area contributed by atoms with Gasteiger partial charge in [-0.05, 0) is 6.42 Å². The molecule has 0 N–H and O–H groups in total. The van der Waals surface area contributed by atoms with Crippen LogP contribution in [0, 0.1) is 0 Å². The van der Waals surface area contributed by atoms with Crippen LogP contribution in [0.4, 0.5) is 0 Å². The van der Waals surface area contributed by atoms with E-state index in [0.717, 1.165) is 48.9 Å². The summed E-state index contributed by atoms with van der Waals surface area (Å²) in [5.41, 5.74) is 0.999. The van der Waals surface area contributed by atoms with Gasteiger partial charge in [0.15, 0.2) is 5.75 Å². The van der Waals surface area contributed by atoms with Crippen LogP contribution in [-0.4, -0.2) is 36.4 Å². The molecule has 0 amide bonds. The van der Waals surface area contributed by atoms with Gasteiger partial charge in [-0.1, -0.05) is 51.9 Å². The van der Waals surface area contributed by atoms with Crippen LogP contribution in [-0.2, 0) is 0 Å². The molecule has 1 aromatic heterocycles. The van der Waals surface area contributed by atoms with Gasteiger partial charge in [-0.2, -0.15) is 0 Å². The number of ether oxygens (including phenoxy) is 2. The summed E-state index contributed by atoms with van der Waals surface area (Å²) in [6.45, 7) is 11.1. The molecule has 0 saturated heterocycles. The zero-order valence-corrected chi connectivity index (χ0v) is 26.5. The van der Waals surface area contributed by atoms with Crippen LogP contribution >= 0.6 is 0 Å². The van der Waals surface area contributed by atoms with Crippen molar-refractivity contribution < 1.29 is 9.47 Å². The van der Waals surface area contributed by atoms with E-state index in [1.54, 1.807) is 17.6 Å². The maximum atomic E-state index is 5.97. The third-order valence-electron chi connectivity index (χ3n) is 8.13. The average Bonchev–Trinajstić information content (AvgIpc) is 2.95. The van der Waals surface area contributed by atoms with E-state index in [1.807, 2.05) is 24.3 Å². The third kappa shape index (κ3) is 12.7. The SMILES string of the molecule is CCCCCCCCCCOc1cnc(-c2ccc(OCCCCC[CH2][Ge]([CH2]C)([CH2]C)[CH2]C)cc2)nc1. The smallest absolute Gasteiger partial charge is 0.0730 e. The average molecular weight is 571 g/mol. The van der Waals surface area contributed by atoms with Crippen molar-refractivity contribution in [1.29, 1.82) is 0 Å². The maximum Gasteiger partial charge on any atom is 0.0730 e. The second-order valence-corrected chi connectivity index (χ2v) is 22.5. The molecule has 0 aliphatic heterocycles. The van der Waals surface area contributed by atoms with Gasteiger partial charge < -0.3 is 4.74 Å². The number of unbranched alkanes of at least 4 members (excludes halogenated alkanes) is 10. The normalized spacial score (nSPS) is 11.6. The van der Waals surface area contributed by atoms with Gasteiger partial charge in [-0.25, -0.2) is 9.97 Å². The van der Waals surface area contributed by atoms with Crippen molar-refractivity contribution in [2.75, 3.05) is 13.2 Å². The van der Waals surface area contributed by atoms with E-state index in [2.05, 4.69) is 37.7 Å². The van der Waals surface area contributed by atoms with Crippen LogP contribution in [0.25, 0.3) is 11.4 Å². The predicted molar refractivity (Wildman–Crippen MR) is 162 cm³/mol. The van der Waals surface area contributed by atoms with Crippen molar-refractivity contribution in [2.24, 2.45) is 0 Å². The molecule has 0 fully saturated rings. The molecule has 0 unspecified atom stereocenters. The molecular weight excluding hydrogens is 517 g/mol. The monoisotopic (exact) mass is 572 g/mol. The van der Waals surface area contributed by atoms with E-state index in [-0.39, 0.29) is 0 Å². The van der Waals surface area contributed by atoms with Gasteiger partial charge in [-0.3, -0.25) is 0 Å². The van der Waals surface area contributed by atoms with Crippen LogP contribution in [0.5, 0.6) is 11.5 Å². The first kappa shape index (κ1) is 31.7. The molecule has 0 atom stereocenters. The summed E-state index contributed by atoms with van der Waals surface area (Å²) in [7, 11) is 0. The van der Waals surface area contributed by atoms with Gasteiger partial charge in [0.25, 0.3) is 0 Å². The maximum absolute atomic E-state index is 5.97. The number of aromatic nitrogens is 2. The van der Waals surface area contributed by atoms with Gasteiger partial charge in [0.1, 0.15) is 0 Å². The number of rotatable bonds is 22. The standard InChI is InChI=1S/C32H54GeN2O2/c1-5-9-10-11-12-13-15-18-26-37-31-27-34-32(35-28-31)29-20-22-30(23-21-29)36-25-19-16-14-17-24-33(6-2,7-3)8-4/h20-23,27-28H,5-19,24-26H2,1-4H3. The molecule has 0 aliphatic carbocycles. The summed E-state index contributed by atoms with van der Waals surface area (Å²) in [5, 5.41) is 6.04. The Balaban J connectivity index is 1.59. The molecule has 5 heteroatoms. The minimum Gasteiger partial charge on any atom is -0.233 e. The number of hydrogen-bond acceptors (Lipinski definition) is 4. The van der Waals surface area contributed by atoms with Crippen molar-refractivity contribution in [1.82, 2.24) is 9.97 Å². The zero-order chi connectivity index (χ0) is 26.6. The van der Waals surface area contributed by atoms with Crippen molar-refractivity contribution in [3.05, 3.63) is 36.7 Å². The summed E-state index contributed by atoms with van der Waals surface area (Å²) in [5.74, 6) is 2.39. The van der Waals surface area contributed by atoms with E-state index in [9.17, 15) is 0 Å². The first-order chi connectivity index (χ1) is 18.2. The molecule has 208 valence electrons. The summed E-state index contributed by atoms with van der Waals surface area (Å²) in [4.78, 5) is 9.00. The molecular formula is C32H54GeN2O2. The molecule has 37 heavy (non-hydrogen) atoms. The Labute approximate surface area is 230 Å². The van der Waals surface area contributed by atoms with E-state index in [4.69, 9.17) is 9.47 Å². The third-order valence-corrected chi connectivity index (χ3v) is 20.5. The quantitative estimate of drug-likeness (QED) is 0.104. The van der Waals surface area contributed by atoms with Crippen LogP contribution in [0.2, 0.25) is 21.0 Å². The first-order valence-corrected chi connectivity index (χ1v) is 21.3. The minimum absolute atomic E-state index is 0.720. The zero-order valence-electron chi connectivity index (χ0n) is 24.4. The Morgan fingerprint density at radius 3 is 1.59 bits per heavy atom. The summed E-state index contributed by atoms with van der Waals surface area (Å²) in [6, 6.07) is 8.13. The number of nitrogens with zero attached hydrogens (tertiary/aromatic N) is 2. The Bertz CT molecular complexity index is 798. The van der Waals surface area contributed by atoms with E-state index >= 15 is 0 Å².